The van der Waals surface area contributed by atoms with Crippen molar-refractivity contribution in [1.82, 2.24) is 4.31 Å². The summed E-state index contributed by atoms with van der Waals surface area (Å²) in [5.74, 6) is -1.10. The third-order valence-corrected chi connectivity index (χ3v) is 9.08. The molecule has 0 aliphatic carbocycles. The number of nitrogens with zero attached hydrogens (tertiary/aromatic N) is 1. The summed E-state index contributed by atoms with van der Waals surface area (Å²) in [6, 6.07) is 14.1. The standard InChI is InChI=1S/C23H21ClFN3O6S2/c24-21-10-1-16(15-22(21)36(32,33)28-11-13-34-14-12-28)23(29)26-18-6-8-20(9-7-18)35(30,31)27-19-4-2-17(25)3-5-19/h1-10,15,27H,11-14H2,(H,26,29). The second kappa shape index (κ2) is 10.5. The minimum absolute atomic E-state index is 0.0127. The fourth-order valence-electron chi connectivity index (χ4n) is 3.42. The predicted octanol–water partition coefficient (Wildman–Crippen LogP) is 3.55. The van der Waals surface area contributed by atoms with Crippen molar-refractivity contribution in [1.29, 1.82) is 0 Å². The number of hydrogen-bond donors (Lipinski definition) is 2. The molecule has 0 atom stereocenters. The van der Waals surface area contributed by atoms with Gasteiger partial charge in [-0.2, -0.15) is 4.31 Å². The van der Waals surface area contributed by atoms with E-state index in [2.05, 4.69) is 10.0 Å². The summed E-state index contributed by atoms with van der Waals surface area (Å²) in [5, 5.41) is 2.59. The molecule has 4 rings (SSSR count). The number of halogens is 2. The van der Waals surface area contributed by atoms with E-state index in [1.807, 2.05) is 0 Å². The number of carbonyl (C=O) groups is 1. The first-order valence-corrected chi connectivity index (χ1v) is 13.9. The van der Waals surface area contributed by atoms with Crippen LogP contribution in [0, 0.1) is 5.82 Å². The topological polar surface area (TPSA) is 122 Å². The van der Waals surface area contributed by atoms with E-state index in [-0.39, 0.29) is 58.1 Å². The molecule has 0 bridgehead atoms. The molecule has 0 saturated carbocycles. The highest BCUT2D eigenvalue weighted by Gasteiger charge is 2.29. The molecular formula is C23H21ClFN3O6S2. The second-order valence-electron chi connectivity index (χ2n) is 7.75. The summed E-state index contributed by atoms with van der Waals surface area (Å²) < 4.78 is 72.9. The highest BCUT2D eigenvalue weighted by Crippen LogP contribution is 2.27. The van der Waals surface area contributed by atoms with Crippen LogP contribution in [0.1, 0.15) is 10.4 Å². The van der Waals surface area contributed by atoms with Crippen LogP contribution in [0.4, 0.5) is 15.8 Å². The van der Waals surface area contributed by atoms with E-state index in [0.29, 0.717) is 0 Å². The molecule has 1 fully saturated rings. The number of hydrogen-bond acceptors (Lipinski definition) is 6. The van der Waals surface area contributed by atoms with E-state index < -0.39 is 31.8 Å². The fourth-order valence-corrected chi connectivity index (χ4v) is 6.39. The number of benzene rings is 3. The lowest BCUT2D eigenvalue weighted by Gasteiger charge is -2.26. The van der Waals surface area contributed by atoms with Gasteiger partial charge in [-0.15, -0.1) is 0 Å². The fraction of sp³-hybridized carbons (Fsp3) is 0.174. The van der Waals surface area contributed by atoms with Gasteiger partial charge in [-0.3, -0.25) is 9.52 Å². The Morgan fingerprint density at radius 2 is 1.50 bits per heavy atom. The first-order valence-electron chi connectivity index (χ1n) is 10.6. The smallest absolute Gasteiger partial charge is 0.261 e. The van der Waals surface area contributed by atoms with Crippen LogP contribution in [0.2, 0.25) is 5.02 Å². The molecule has 1 amide bonds. The summed E-state index contributed by atoms with van der Waals surface area (Å²) in [7, 11) is -7.87. The molecular weight excluding hydrogens is 533 g/mol. The SMILES string of the molecule is O=C(Nc1ccc(S(=O)(=O)Nc2ccc(F)cc2)cc1)c1ccc(Cl)c(S(=O)(=O)N2CCOCC2)c1. The molecule has 13 heteroatoms. The van der Waals surface area contributed by atoms with Gasteiger partial charge in [0.25, 0.3) is 15.9 Å². The zero-order chi connectivity index (χ0) is 25.9. The lowest BCUT2D eigenvalue weighted by molar-refractivity contribution is 0.0730. The van der Waals surface area contributed by atoms with Gasteiger partial charge in [0.2, 0.25) is 10.0 Å². The summed E-state index contributed by atoms with van der Waals surface area (Å²) in [6.45, 7) is 0.894. The van der Waals surface area contributed by atoms with Gasteiger partial charge < -0.3 is 10.1 Å². The van der Waals surface area contributed by atoms with Crippen LogP contribution >= 0.6 is 11.6 Å². The lowest BCUT2D eigenvalue weighted by Crippen LogP contribution is -2.40. The molecule has 2 N–H and O–H groups in total. The molecule has 36 heavy (non-hydrogen) atoms. The van der Waals surface area contributed by atoms with Crippen LogP contribution < -0.4 is 10.0 Å². The van der Waals surface area contributed by atoms with Gasteiger partial charge in [-0.25, -0.2) is 21.2 Å². The molecule has 1 aliphatic rings. The highest BCUT2D eigenvalue weighted by atomic mass is 35.5. The molecule has 1 heterocycles. The van der Waals surface area contributed by atoms with E-state index in [1.54, 1.807) is 0 Å². The van der Waals surface area contributed by atoms with E-state index in [4.69, 9.17) is 16.3 Å². The van der Waals surface area contributed by atoms with Crippen LogP contribution in [-0.4, -0.2) is 53.4 Å². The van der Waals surface area contributed by atoms with Gasteiger partial charge >= 0.3 is 0 Å². The Morgan fingerprint density at radius 1 is 0.889 bits per heavy atom. The summed E-state index contributed by atoms with van der Waals surface area (Å²) >= 11 is 6.14. The van der Waals surface area contributed by atoms with Crippen molar-refractivity contribution in [3.8, 4) is 0 Å². The molecule has 190 valence electrons. The maximum atomic E-state index is 13.0. The lowest BCUT2D eigenvalue weighted by atomic mass is 10.2. The van der Waals surface area contributed by atoms with Crippen LogP contribution in [0.25, 0.3) is 0 Å². The molecule has 0 spiro atoms. The van der Waals surface area contributed by atoms with E-state index >= 15 is 0 Å². The van der Waals surface area contributed by atoms with Crippen molar-refractivity contribution in [2.45, 2.75) is 9.79 Å². The average Bonchev–Trinajstić information content (AvgIpc) is 2.86. The van der Waals surface area contributed by atoms with Gasteiger partial charge in [0.15, 0.2) is 0 Å². The molecule has 9 nitrogen and oxygen atoms in total. The van der Waals surface area contributed by atoms with Crippen molar-refractivity contribution < 1.29 is 30.8 Å². The van der Waals surface area contributed by atoms with E-state index in [0.717, 1.165) is 12.1 Å². The predicted molar refractivity (Wildman–Crippen MR) is 133 cm³/mol. The van der Waals surface area contributed by atoms with Crippen molar-refractivity contribution in [2.24, 2.45) is 0 Å². The molecule has 0 unspecified atom stereocenters. The van der Waals surface area contributed by atoms with Crippen LogP contribution in [0.15, 0.2) is 76.5 Å². The summed E-state index contributed by atoms with van der Waals surface area (Å²) in [6.07, 6.45) is 0. The Hall–Kier alpha value is -3.03. The van der Waals surface area contributed by atoms with E-state index in [9.17, 15) is 26.0 Å². The third kappa shape index (κ3) is 5.85. The maximum absolute atomic E-state index is 13.0. The zero-order valence-corrected chi connectivity index (χ0v) is 21.0. The Balaban J connectivity index is 1.49. The minimum atomic E-state index is -3.94. The van der Waals surface area contributed by atoms with Crippen molar-refractivity contribution in [2.75, 3.05) is 36.3 Å². The Labute approximate surface area is 212 Å². The molecule has 3 aromatic rings. The molecule has 1 aliphatic heterocycles. The normalized spacial score (nSPS) is 14.8. The van der Waals surface area contributed by atoms with Crippen LogP contribution in [-0.2, 0) is 24.8 Å². The van der Waals surface area contributed by atoms with Gasteiger partial charge in [0.05, 0.1) is 23.1 Å². The number of morpholine rings is 1. The number of nitrogens with one attached hydrogen (secondary N) is 2. The first kappa shape index (κ1) is 26.0. The third-order valence-electron chi connectivity index (χ3n) is 5.30. The zero-order valence-electron chi connectivity index (χ0n) is 18.6. The van der Waals surface area contributed by atoms with Gasteiger partial charge in [-0.05, 0) is 66.7 Å². The Bertz CT molecular complexity index is 1480. The molecule has 0 aromatic heterocycles. The van der Waals surface area contributed by atoms with Crippen LogP contribution in [0.3, 0.4) is 0 Å². The monoisotopic (exact) mass is 553 g/mol. The van der Waals surface area contributed by atoms with E-state index in [1.165, 1.54) is 58.9 Å². The summed E-state index contributed by atoms with van der Waals surface area (Å²) in [4.78, 5) is 12.5. The van der Waals surface area contributed by atoms with Crippen molar-refractivity contribution in [3.63, 3.8) is 0 Å². The molecule has 3 aromatic carbocycles. The number of rotatable bonds is 7. The van der Waals surface area contributed by atoms with Gasteiger partial charge in [-0.1, -0.05) is 11.6 Å². The summed E-state index contributed by atoms with van der Waals surface area (Å²) in [5.41, 5.74) is 0.536. The largest absolute Gasteiger partial charge is 0.379 e. The van der Waals surface area contributed by atoms with Gasteiger partial charge in [0.1, 0.15) is 10.7 Å². The Morgan fingerprint density at radius 3 is 2.14 bits per heavy atom. The maximum Gasteiger partial charge on any atom is 0.261 e. The number of carbonyl (C=O) groups excluding carboxylic acids is 1. The highest BCUT2D eigenvalue weighted by molar-refractivity contribution is 7.92. The molecule has 1 saturated heterocycles. The number of ether oxygens (including phenoxy) is 1. The first-order chi connectivity index (χ1) is 17.1. The minimum Gasteiger partial charge on any atom is -0.379 e. The van der Waals surface area contributed by atoms with Crippen molar-refractivity contribution >= 4 is 48.9 Å². The average molecular weight is 554 g/mol. The number of sulfonamides is 2. The second-order valence-corrected chi connectivity index (χ2v) is 11.7. The molecule has 0 radical (unpaired) electrons. The van der Waals surface area contributed by atoms with Crippen LogP contribution in [0.5, 0.6) is 0 Å². The number of anilines is 2. The van der Waals surface area contributed by atoms with Gasteiger partial charge in [0, 0.05) is 30.0 Å². The quantitative estimate of drug-likeness (QED) is 0.461. The Kier molecular flexibility index (Phi) is 7.62. The van der Waals surface area contributed by atoms with Crippen molar-refractivity contribution in [3.05, 3.63) is 83.1 Å². The number of amides is 1.